The van der Waals surface area contributed by atoms with Gasteiger partial charge in [0.2, 0.25) is 5.91 Å². The number of carbonyl (C=O) groups excluding carboxylic acids is 1. The molecule has 2 atom stereocenters. The zero-order valence-corrected chi connectivity index (χ0v) is 9.45. The van der Waals surface area contributed by atoms with Gasteiger partial charge >= 0.3 is 0 Å². The van der Waals surface area contributed by atoms with E-state index in [0.717, 1.165) is 19.4 Å². The van der Waals surface area contributed by atoms with Crippen molar-refractivity contribution in [2.75, 3.05) is 13.1 Å². The van der Waals surface area contributed by atoms with Gasteiger partial charge in [-0.15, -0.1) is 12.4 Å². The van der Waals surface area contributed by atoms with Gasteiger partial charge in [-0.2, -0.15) is 0 Å². The molecule has 1 amide bonds. The molecule has 1 aliphatic heterocycles. The molecule has 0 bridgehead atoms. The summed E-state index contributed by atoms with van der Waals surface area (Å²) in [5.74, 6) is -0.424. The molecule has 0 saturated carbocycles. The predicted octanol–water partition coefficient (Wildman–Crippen LogP) is 1.18. The third kappa shape index (κ3) is 4.75. The van der Waals surface area contributed by atoms with Gasteiger partial charge in [0.25, 0.3) is 6.43 Å². The number of nitrogens with one attached hydrogen (secondary N) is 2. The van der Waals surface area contributed by atoms with E-state index in [0.29, 0.717) is 0 Å². The van der Waals surface area contributed by atoms with Crippen molar-refractivity contribution < 1.29 is 13.6 Å². The molecule has 15 heavy (non-hydrogen) atoms. The molecule has 2 N–H and O–H groups in total. The molecule has 6 heteroatoms. The van der Waals surface area contributed by atoms with Crippen molar-refractivity contribution in [3.63, 3.8) is 0 Å². The SMILES string of the molecule is C[C@H]1NCCC[C@H]1C(=O)NCC(F)F.Cl. The van der Waals surface area contributed by atoms with E-state index in [1.54, 1.807) is 0 Å². The molecule has 0 aromatic rings. The van der Waals surface area contributed by atoms with Crippen molar-refractivity contribution >= 4 is 18.3 Å². The summed E-state index contributed by atoms with van der Waals surface area (Å²) in [5, 5.41) is 5.41. The van der Waals surface area contributed by atoms with E-state index in [9.17, 15) is 13.6 Å². The molecule has 0 unspecified atom stereocenters. The van der Waals surface area contributed by atoms with Crippen molar-refractivity contribution in [2.45, 2.75) is 32.2 Å². The summed E-state index contributed by atoms with van der Waals surface area (Å²) in [7, 11) is 0. The molecule has 0 radical (unpaired) electrons. The molecule has 1 rings (SSSR count). The number of piperidine rings is 1. The highest BCUT2D eigenvalue weighted by Crippen LogP contribution is 2.16. The fourth-order valence-corrected chi connectivity index (χ4v) is 1.71. The predicted molar refractivity (Wildman–Crippen MR) is 56.5 cm³/mol. The second-order valence-corrected chi connectivity index (χ2v) is 3.63. The summed E-state index contributed by atoms with van der Waals surface area (Å²) in [6, 6.07) is 0.0847. The highest BCUT2D eigenvalue weighted by molar-refractivity contribution is 5.85. The third-order valence-corrected chi connectivity index (χ3v) is 2.53. The summed E-state index contributed by atoms with van der Waals surface area (Å²) in [6.45, 7) is 2.27. The zero-order chi connectivity index (χ0) is 10.6. The third-order valence-electron chi connectivity index (χ3n) is 2.53. The van der Waals surface area contributed by atoms with Gasteiger partial charge in [-0.3, -0.25) is 4.79 Å². The van der Waals surface area contributed by atoms with E-state index in [4.69, 9.17) is 0 Å². The Kier molecular flexibility index (Phi) is 6.76. The second-order valence-electron chi connectivity index (χ2n) is 3.63. The van der Waals surface area contributed by atoms with Crippen molar-refractivity contribution in [2.24, 2.45) is 5.92 Å². The second kappa shape index (κ2) is 6.95. The zero-order valence-electron chi connectivity index (χ0n) is 8.63. The lowest BCUT2D eigenvalue weighted by Gasteiger charge is -2.28. The number of carbonyl (C=O) groups is 1. The van der Waals surface area contributed by atoms with Gasteiger partial charge in [0.15, 0.2) is 0 Å². The summed E-state index contributed by atoms with van der Waals surface area (Å²) in [5.41, 5.74) is 0. The molecule has 0 aromatic carbocycles. The Morgan fingerprint density at radius 3 is 2.80 bits per heavy atom. The molecule has 0 aromatic heterocycles. The van der Waals surface area contributed by atoms with Crippen LogP contribution in [-0.4, -0.2) is 31.5 Å². The first-order chi connectivity index (χ1) is 6.61. The smallest absolute Gasteiger partial charge is 0.255 e. The number of alkyl halides is 2. The lowest BCUT2D eigenvalue weighted by molar-refractivity contribution is -0.127. The standard InChI is InChI=1S/C9H16F2N2O.ClH/c1-6-7(3-2-4-12-6)9(14)13-5-8(10)11;/h6-8,12H,2-5H2,1H3,(H,13,14);1H/t6-,7-;/m1./s1. The van der Waals surface area contributed by atoms with Crippen LogP contribution in [-0.2, 0) is 4.79 Å². The summed E-state index contributed by atoms with van der Waals surface area (Å²) in [4.78, 5) is 11.4. The van der Waals surface area contributed by atoms with Gasteiger partial charge in [0.1, 0.15) is 0 Å². The topological polar surface area (TPSA) is 41.1 Å². The molecule has 90 valence electrons. The Labute approximate surface area is 94.4 Å². The highest BCUT2D eigenvalue weighted by atomic mass is 35.5. The van der Waals surface area contributed by atoms with Crippen LogP contribution in [0.1, 0.15) is 19.8 Å². The average Bonchev–Trinajstić information content (AvgIpc) is 2.15. The Bertz CT molecular complexity index is 205. The molecule has 1 heterocycles. The molecule has 3 nitrogen and oxygen atoms in total. The first kappa shape index (κ1) is 14.6. The van der Waals surface area contributed by atoms with Crippen molar-refractivity contribution in [1.29, 1.82) is 0 Å². The molecular formula is C9H17ClF2N2O. The first-order valence-electron chi connectivity index (χ1n) is 4.90. The van der Waals surface area contributed by atoms with E-state index >= 15 is 0 Å². The van der Waals surface area contributed by atoms with Crippen LogP contribution < -0.4 is 10.6 Å². The van der Waals surface area contributed by atoms with Gasteiger partial charge in [0, 0.05) is 6.04 Å². The Balaban J connectivity index is 0.00000196. The maximum absolute atomic E-state index is 11.8. The number of hydrogen-bond donors (Lipinski definition) is 2. The molecular weight excluding hydrogens is 226 g/mol. The van der Waals surface area contributed by atoms with Gasteiger partial charge in [0.05, 0.1) is 12.5 Å². The van der Waals surface area contributed by atoms with Crippen LogP contribution in [0.4, 0.5) is 8.78 Å². The number of hydrogen-bond acceptors (Lipinski definition) is 2. The maximum Gasteiger partial charge on any atom is 0.255 e. The van der Waals surface area contributed by atoms with Crippen LogP contribution in [0.15, 0.2) is 0 Å². The summed E-state index contributed by atoms with van der Waals surface area (Å²) < 4.78 is 23.7. The van der Waals surface area contributed by atoms with Crippen LogP contribution in [0.3, 0.4) is 0 Å². The van der Waals surface area contributed by atoms with Crippen molar-refractivity contribution in [3.8, 4) is 0 Å². The minimum Gasteiger partial charge on any atom is -0.350 e. The first-order valence-corrected chi connectivity index (χ1v) is 4.90. The van der Waals surface area contributed by atoms with E-state index in [2.05, 4.69) is 10.6 Å². The summed E-state index contributed by atoms with van der Waals surface area (Å²) in [6.07, 6.45) is -0.758. The minimum absolute atomic E-state index is 0. The van der Waals surface area contributed by atoms with Crippen molar-refractivity contribution in [1.82, 2.24) is 10.6 Å². The van der Waals surface area contributed by atoms with E-state index in [-0.39, 0.29) is 30.3 Å². The molecule has 1 saturated heterocycles. The highest BCUT2D eigenvalue weighted by Gasteiger charge is 2.27. The monoisotopic (exact) mass is 242 g/mol. The number of rotatable bonds is 3. The molecule has 0 spiro atoms. The summed E-state index contributed by atoms with van der Waals surface area (Å²) >= 11 is 0. The van der Waals surface area contributed by atoms with Gasteiger partial charge in [-0.1, -0.05) is 0 Å². The maximum atomic E-state index is 11.8. The van der Waals surface area contributed by atoms with Crippen LogP contribution in [0.2, 0.25) is 0 Å². The average molecular weight is 243 g/mol. The van der Waals surface area contributed by atoms with Crippen LogP contribution >= 0.6 is 12.4 Å². The van der Waals surface area contributed by atoms with E-state index in [1.165, 1.54) is 0 Å². The van der Waals surface area contributed by atoms with Crippen molar-refractivity contribution in [3.05, 3.63) is 0 Å². The normalized spacial score (nSPS) is 25.9. The fourth-order valence-electron chi connectivity index (χ4n) is 1.71. The van der Waals surface area contributed by atoms with Gasteiger partial charge in [-0.05, 0) is 26.3 Å². The fraction of sp³-hybridized carbons (Fsp3) is 0.889. The van der Waals surface area contributed by atoms with E-state index < -0.39 is 13.0 Å². The van der Waals surface area contributed by atoms with Crippen LogP contribution in [0, 0.1) is 5.92 Å². The lowest BCUT2D eigenvalue weighted by Crippen LogP contribution is -2.47. The molecule has 1 aliphatic rings. The van der Waals surface area contributed by atoms with Gasteiger partial charge < -0.3 is 10.6 Å². The molecule has 1 fully saturated rings. The Morgan fingerprint density at radius 2 is 2.27 bits per heavy atom. The largest absolute Gasteiger partial charge is 0.350 e. The van der Waals surface area contributed by atoms with Crippen LogP contribution in [0.5, 0.6) is 0 Å². The minimum atomic E-state index is -2.47. The number of amides is 1. The quantitative estimate of drug-likeness (QED) is 0.780. The van der Waals surface area contributed by atoms with Crippen LogP contribution in [0.25, 0.3) is 0 Å². The molecule has 0 aliphatic carbocycles. The number of halogens is 3. The van der Waals surface area contributed by atoms with Gasteiger partial charge in [-0.25, -0.2) is 8.78 Å². The lowest BCUT2D eigenvalue weighted by atomic mass is 9.91. The Hall–Kier alpha value is -0.420. The Morgan fingerprint density at radius 1 is 1.60 bits per heavy atom. The van der Waals surface area contributed by atoms with E-state index in [1.807, 2.05) is 6.92 Å².